The van der Waals surface area contributed by atoms with Crippen LogP contribution in [-0.2, 0) is 0 Å². The van der Waals surface area contributed by atoms with E-state index in [1.807, 2.05) is 32.1 Å². The molecule has 0 amide bonds. The van der Waals surface area contributed by atoms with Gasteiger partial charge in [-0.2, -0.15) is 15.8 Å². The normalized spacial score (nSPS) is 26.6. The Bertz CT molecular complexity index is 964. The highest BCUT2D eigenvalue weighted by Gasteiger charge is 2.58. The summed E-state index contributed by atoms with van der Waals surface area (Å²) in [6.45, 7) is 5.20. The van der Waals surface area contributed by atoms with Gasteiger partial charge in [0, 0.05) is 35.4 Å². The van der Waals surface area contributed by atoms with Crippen LogP contribution in [-0.4, -0.2) is 29.7 Å². The molecule has 1 fully saturated rings. The number of hydrogen-bond donors (Lipinski definition) is 1. The third-order valence-electron chi connectivity index (χ3n) is 5.84. The molecule has 1 N–H and O–H groups in total. The van der Waals surface area contributed by atoms with Crippen LogP contribution in [0.15, 0.2) is 34.3 Å². The highest BCUT2D eigenvalue weighted by atomic mass is 79.9. The zero-order valence-electron chi connectivity index (χ0n) is 15.6. The fraction of sp³-hybridized carbons (Fsp3) is 0.429. The number of nitrogens with zero attached hydrogens (tertiary/aromatic N) is 4. The van der Waals surface area contributed by atoms with Crippen LogP contribution >= 0.6 is 15.9 Å². The van der Waals surface area contributed by atoms with Crippen LogP contribution in [0.4, 0.5) is 4.39 Å². The van der Waals surface area contributed by atoms with Crippen molar-refractivity contribution in [3.05, 3.63) is 45.7 Å². The smallest absolute Gasteiger partial charge is 0.189 e. The lowest BCUT2D eigenvalue weighted by Crippen LogP contribution is -2.53. The summed E-state index contributed by atoms with van der Waals surface area (Å²) in [4.78, 5) is 2.17. The predicted octanol–water partition coefficient (Wildman–Crippen LogP) is 4.15. The second-order valence-corrected chi connectivity index (χ2v) is 8.42. The average Bonchev–Trinajstić information content (AvgIpc) is 2.69. The second kappa shape index (κ2) is 7.47. The van der Waals surface area contributed by atoms with Gasteiger partial charge in [0.2, 0.25) is 0 Å². The fourth-order valence-corrected chi connectivity index (χ4v) is 4.73. The topological polar surface area (TPSA) is 98.5 Å². The van der Waals surface area contributed by atoms with Crippen molar-refractivity contribution in [1.82, 2.24) is 4.90 Å². The van der Waals surface area contributed by atoms with Gasteiger partial charge in [-0.25, -0.2) is 4.39 Å². The quantitative estimate of drug-likeness (QED) is 0.699. The molecule has 7 heteroatoms. The molecule has 1 unspecified atom stereocenters. The third kappa shape index (κ3) is 2.94. The minimum Gasteiger partial charge on any atom is -0.305 e. The van der Waals surface area contributed by atoms with E-state index in [4.69, 9.17) is 5.41 Å². The highest BCUT2D eigenvalue weighted by Crippen LogP contribution is 2.54. The van der Waals surface area contributed by atoms with E-state index in [1.54, 1.807) is 12.1 Å². The first-order valence-corrected chi connectivity index (χ1v) is 9.80. The van der Waals surface area contributed by atoms with E-state index in [0.29, 0.717) is 17.6 Å². The van der Waals surface area contributed by atoms with Crippen molar-refractivity contribution >= 4 is 21.6 Å². The van der Waals surface area contributed by atoms with Crippen LogP contribution in [0.1, 0.15) is 25.3 Å². The lowest BCUT2D eigenvalue weighted by molar-refractivity contribution is 0.170. The summed E-state index contributed by atoms with van der Waals surface area (Å²) in [5.41, 5.74) is -1.22. The molecule has 1 saturated carbocycles. The molecule has 28 heavy (non-hydrogen) atoms. The van der Waals surface area contributed by atoms with Gasteiger partial charge in [0.05, 0.1) is 23.9 Å². The molecule has 1 aromatic carbocycles. The van der Waals surface area contributed by atoms with Gasteiger partial charge in [-0.3, -0.25) is 4.90 Å². The number of rotatable bonds is 2. The van der Waals surface area contributed by atoms with E-state index < -0.39 is 29.0 Å². The molecule has 1 aliphatic carbocycles. The Morgan fingerprint density at radius 2 is 1.96 bits per heavy atom. The molecule has 1 heterocycles. The molecule has 0 radical (unpaired) electrons. The Hall–Kier alpha value is -2.53. The Morgan fingerprint density at radius 3 is 2.54 bits per heavy atom. The van der Waals surface area contributed by atoms with Gasteiger partial charge in [0.15, 0.2) is 5.41 Å². The van der Waals surface area contributed by atoms with Crippen LogP contribution in [0.2, 0.25) is 0 Å². The van der Waals surface area contributed by atoms with Gasteiger partial charge < -0.3 is 5.41 Å². The van der Waals surface area contributed by atoms with E-state index in [-0.39, 0.29) is 17.3 Å². The van der Waals surface area contributed by atoms with Crippen LogP contribution in [0, 0.1) is 62.5 Å². The average molecular weight is 440 g/mol. The minimum absolute atomic E-state index is 0.214. The summed E-state index contributed by atoms with van der Waals surface area (Å²) >= 11 is 3.34. The maximum Gasteiger partial charge on any atom is 0.189 e. The van der Waals surface area contributed by atoms with Crippen molar-refractivity contribution in [2.45, 2.75) is 25.8 Å². The van der Waals surface area contributed by atoms with E-state index in [0.717, 1.165) is 5.57 Å². The van der Waals surface area contributed by atoms with Crippen LogP contribution in [0.25, 0.3) is 0 Å². The number of benzene rings is 1. The molecular weight excluding hydrogens is 421 g/mol. The van der Waals surface area contributed by atoms with Crippen molar-refractivity contribution < 1.29 is 4.39 Å². The molecule has 0 spiro atoms. The van der Waals surface area contributed by atoms with Crippen molar-refractivity contribution in [2.75, 3.05) is 13.1 Å². The zero-order chi connectivity index (χ0) is 20.6. The van der Waals surface area contributed by atoms with Crippen molar-refractivity contribution in [1.29, 1.82) is 21.2 Å². The van der Waals surface area contributed by atoms with Gasteiger partial charge in [-0.05, 0) is 43.2 Å². The molecule has 0 saturated heterocycles. The maximum absolute atomic E-state index is 14.9. The molecular formula is C21H19BrFN5. The van der Waals surface area contributed by atoms with Gasteiger partial charge in [-0.1, -0.05) is 22.0 Å². The molecule has 1 aliphatic heterocycles. The summed E-state index contributed by atoms with van der Waals surface area (Å²) in [7, 11) is 0. The summed E-state index contributed by atoms with van der Waals surface area (Å²) in [5, 5.41) is 38.3. The summed E-state index contributed by atoms with van der Waals surface area (Å²) in [6, 6.07) is 10.7. The predicted molar refractivity (Wildman–Crippen MR) is 106 cm³/mol. The van der Waals surface area contributed by atoms with Gasteiger partial charge in [0.1, 0.15) is 11.7 Å². The standard InChI is InChI=1S/C21H19BrFN5/c1-12(2)28-6-5-14-16(8-24)20(27)21(10-25,11-26)19(17(14)9-28)15-7-13(22)3-4-18(15)23/h3-5,7,12,16-17,19,27H,6,9H2,1-2H3/t16?,17-,19-/m0/s1. The Kier molecular flexibility index (Phi) is 5.39. The highest BCUT2D eigenvalue weighted by molar-refractivity contribution is 9.10. The van der Waals surface area contributed by atoms with Gasteiger partial charge in [-0.15, -0.1) is 0 Å². The van der Waals surface area contributed by atoms with Crippen molar-refractivity contribution in [2.24, 2.45) is 17.3 Å². The molecule has 2 aliphatic rings. The fourth-order valence-electron chi connectivity index (χ4n) is 4.35. The summed E-state index contributed by atoms with van der Waals surface area (Å²) in [6.07, 6.45) is 1.91. The SMILES string of the molecule is CC(C)N1CC=C2C(C#N)C(=N)C(C#N)(C#N)[C@@H](c3cc(Br)ccc3F)[C@H]2C1. The van der Waals surface area contributed by atoms with Crippen molar-refractivity contribution in [3.8, 4) is 18.2 Å². The number of halogens is 2. The van der Waals surface area contributed by atoms with E-state index >= 15 is 0 Å². The minimum atomic E-state index is -1.90. The van der Waals surface area contributed by atoms with E-state index in [2.05, 4.69) is 26.9 Å². The number of nitrogens with one attached hydrogen (secondary N) is 1. The zero-order valence-corrected chi connectivity index (χ0v) is 17.2. The van der Waals surface area contributed by atoms with Gasteiger partial charge in [0.25, 0.3) is 0 Å². The molecule has 3 rings (SSSR count). The third-order valence-corrected chi connectivity index (χ3v) is 6.34. The maximum atomic E-state index is 14.9. The number of nitriles is 3. The van der Waals surface area contributed by atoms with Crippen LogP contribution < -0.4 is 0 Å². The Labute approximate surface area is 172 Å². The Morgan fingerprint density at radius 1 is 1.29 bits per heavy atom. The first-order valence-electron chi connectivity index (χ1n) is 9.00. The van der Waals surface area contributed by atoms with E-state index in [9.17, 15) is 20.2 Å². The first-order chi connectivity index (χ1) is 13.3. The van der Waals surface area contributed by atoms with Gasteiger partial charge >= 0.3 is 0 Å². The summed E-state index contributed by atoms with van der Waals surface area (Å²) < 4.78 is 15.5. The molecule has 0 bridgehead atoms. The molecule has 1 aromatic rings. The lowest BCUT2D eigenvalue weighted by Gasteiger charge is -2.48. The monoisotopic (exact) mass is 439 g/mol. The molecule has 0 aromatic heterocycles. The van der Waals surface area contributed by atoms with Crippen LogP contribution in [0.3, 0.4) is 0 Å². The second-order valence-electron chi connectivity index (χ2n) is 7.51. The lowest BCUT2D eigenvalue weighted by atomic mass is 9.54. The molecule has 142 valence electrons. The summed E-state index contributed by atoms with van der Waals surface area (Å²) in [5.74, 6) is -2.74. The van der Waals surface area contributed by atoms with Crippen molar-refractivity contribution in [3.63, 3.8) is 0 Å². The molecule has 3 atom stereocenters. The first kappa shape index (κ1) is 20.2. The Balaban J connectivity index is 2.30. The van der Waals surface area contributed by atoms with Crippen LogP contribution in [0.5, 0.6) is 0 Å². The number of fused-ring (bicyclic) bond motifs is 1. The van der Waals surface area contributed by atoms with E-state index in [1.165, 1.54) is 6.07 Å². The molecule has 5 nitrogen and oxygen atoms in total. The largest absolute Gasteiger partial charge is 0.305 e. The number of hydrogen-bond acceptors (Lipinski definition) is 5.